The second kappa shape index (κ2) is 6.88. The molecular weight excluding hydrogens is 264 g/mol. The summed E-state index contributed by atoms with van der Waals surface area (Å²) in [4.78, 5) is 2.54. The van der Waals surface area contributed by atoms with Crippen LogP contribution in [0.3, 0.4) is 0 Å². The largest absolute Gasteiger partial charge is 0.368 e. The third-order valence-electron chi connectivity index (χ3n) is 5.08. The van der Waals surface area contributed by atoms with Gasteiger partial charge >= 0.3 is 0 Å². The summed E-state index contributed by atoms with van der Waals surface area (Å²) in [6.07, 6.45) is 8.89. The number of aromatic nitrogens is 3. The molecule has 0 radical (unpaired) electrons. The Balaban J connectivity index is 1.49. The van der Waals surface area contributed by atoms with Crippen LogP contribution in [0.25, 0.3) is 0 Å². The maximum absolute atomic E-state index is 5.88. The second-order valence-corrected chi connectivity index (χ2v) is 6.89. The van der Waals surface area contributed by atoms with E-state index in [-0.39, 0.29) is 6.10 Å². The van der Waals surface area contributed by atoms with E-state index in [4.69, 9.17) is 4.74 Å². The van der Waals surface area contributed by atoms with Crippen LogP contribution in [0.4, 0.5) is 0 Å². The molecule has 0 spiro atoms. The van der Waals surface area contributed by atoms with Gasteiger partial charge in [0, 0.05) is 20.1 Å². The molecule has 5 heteroatoms. The first-order valence-corrected chi connectivity index (χ1v) is 8.40. The minimum Gasteiger partial charge on any atom is -0.368 e. The summed E-state index contributed by atoms with van der Waals surface area (Å²) in [6.45, 7) is 6.42. The number of hydrogen-bond donors (Lipinski definition) is 0. The molecule has 0 bridgehead atoms. The Bertz CT molecular complexity index is 447. The van der Waals surface area contributed by atoms with Crippen molar-refractivity contribution in [2.24, 2.45) is 18.9 Å². The topological polar surface area (TPSA) is 43.2 Å². The molecule has 2 fully saturated rings. The minimum absolute atomic E-state index is 0.0801. The van der Waals surface area contributed by atoms with E-state index in [1.165, 1.54) is 38.6 Å². The van der Waals surface area contributed by atoms with Crippen LogP contribution < -0.4 is 0 Å². The van der Waals surface area contributed by atoms with Crippen molar-refractivity contribution in [1.82, 2.24) is 19.7 Å². The van der Waals surface area contributed by atoms with Crippen LogP contribution in [-0.2, 0) is 11.8 Å². The molecule has 2 aliphatic rings. The number of morpholine rings is 1. The fourth-order valence-corrected chi connectivity index (χ4v) is 3.83. The molecule has 1 saturated heterocycles. The first-order chi connectivity index (χ1) is 10.2. The molecular formula is C16H28N4O. The molecule has 0 amide bonds. The summed E-state index contributed by atoms with van der Waals surface area (Å²) in [5, 5.41) is 8.16. The Kier molecular flexibility index (Phi) is 4.91. The summed E-state index contributed by atoms with van der Waals surface area (Å²) in [6, 6.07) is 0. The van der Waals surface area contributed by atoms with E-state index in [0.29, 0.717) is 0 Å². The van der Waals surface area contributed by atoms with Crippen molar-refractivity contribution in [2.75, 3.05) is 26.2 Å². The zero-order valence-electron chi connectivity index (χ0n) is 13.4. The quantitative estimate of drug-likeness (QED) is 0.855. The third kappa shape index (κ3) is 3.83. The number of aryl methyl sites for hydroxylation is 1. The van der Waals surface area contributed by atoms with E-state index in [9.17, 15) is 0 Å². The lowest BCUT2D eigenvalue weighted by Crippen LogP contribution is -2.40. The van der Waals surface area contributed by atoms with E-state index >= 15 is 0 Å². The lowest BCUT2D eigenvalue weighted by atomic mass is 9.81. The number of rotatable bonds is 4. The molecule has 3 rings (SSSR count). The SMILES string of the molecule is C[C@@H]1CCC[C@@H](CCN2CCO[C@H](c3nncn3C)C2)C1. The van der Waals surface area contributed by atoms with Gasteiger partial charge in [0.2, 0.25) is 0 Å². The van der Waals surface area contributed by atoms with Crippen molar-refractivity contribution in [3.8, 4) is 0 Å². The average molecular weight is 292 g/mol. The average Bonchev–Trinajstić information content (AvgIpc) is 2.92. The van der Waals surface area contributed by atoms with E-state index < -0.39 is 0 Å². The first kappa shape index (κ1) is 15.0. The van der Waals surface area contributed by atoms with Gasteiger partial charge in [0.25, 0.3) is 0 Å². The van der Waals surface area contributed by atoms with Gasteiger partial charge in [0.15, 0.2) is 5.82 Å². The molecule has 1 aromatic rings. The Labute approximate surface area is 127 Å². The van der Waals surface area contributed by atoms with E-state index in [0.717, 1.165) is 37.4 Å². The summed E-state index contributed by atoms with van der Waals surface area (Å²) >= 11 is 0. The van der Waals surface area contributed by atoms with Crippen molar-refractivity contribution in [1.29, 1.82) is 0 Å². The number of hydrogen-bond acceptors (Lipinski definition) is 4. The van der Waals surface area contributed by atoms with Crippen LogP contribution in [0, 0.1) is 11.8 Å². The predicted octanol–water partition coefficient (Wildman–Crippen LogP) is 2.40. The van der Waals surface area contributed by atoms with E-state index in [2.05, 4.69) is 22.0 Å². The van der Waals surface area contributed by atoms with Crippen molar-refractivity contribution < 1.29 is 4.74 Å². The molecule has 0 unspecified atom stereocenters. The van der Waals surface area contributed by atoms with Gasteiger partial charge in [-0.15, -0.1) is 10.2 Å². The molecule has 1 saturated carbocycles. The monoisotopic (exact) mass is 292 g/mol. The molecule has 21 heavy (non-hydrogen) atoms. The minimum atomic E-state index is 0.0801. The Hall–Kier alpha value is -0.940. The molecule has 1 aromatic heterocycles. The Morgan fingerprint density at radius 2 is 2.29 bits per heavy atom. The number of nitrogens with zero attached hydrogens (tertiary/aromatic N) is 4. The van der Waals surface area contributed by atoms with Crippen LogP contribution in [0.15, 0.2) is 6.33 Å². The van der Waals surface area contributed by atoms with Crippen molar-refractivity contribution in [2.45, 2.75) is 45.1 Å². The predicted molar refractivity (Wildman–Crippen MR) is 81.9 cm³/mol. The van der Waals surface area contributed by atoms with Crippen molar-refractivity contribution in [3.63, 3.8) is 0 Å². The van der Waals surface area contributed by atoms with Crippen LogP contribution in [-0.4, -0.2) is 45.9 Å². The lowest BCUT2D eigenvalue weighted by Gasteiger charge is -2.34. The highest BCUT2D eigenvalue weighted by Crippen LogP contribution is 2.31. The normalized spacial score (nSPS) is 31.4. The summed E-state index contributed by atoms with van der Waals surface area (Å²) in [7, 11) is 1.99. The van der Waals surface area contributed by atoms with Gasteiger partial charge in [-0.2, -0.15) is 0 Å². The van der Waals surface area contributed by atoms with Gasteiger partial charge in [0.05, 0.1) is 6.61 Å². The van der Waals surface area contributed by atoms with Crippen LogP contribution in [0.5, 0.6) is 0 Å². The first-order valence-electron chi connectivity index (χ1n) is 8.40. The lowest BCUT2D eigenvalue weighted by molar-refractivity contribution is -0.0375. The highest BCUT2D eigenvalue weighted by atomic mass is 16.5. The molecule has 118 valence electrons. The maximum Gasteiger partial charge on any atom is 0.163 e. The molecule has 0 aromatic carbocycles. The van der Waals surface area contributed by atoms with Gasteiger partial charge in [-0.25, -0.2) is 0 Å². The molecule has 1 aliphatic carbocycles. The second-order valence-electron chi connectivity index (χ2n) is 6.89. The molecule has 1 aliphatic heterocycles. The molecule has 0 N–H and O–H groups in total. The Morgan fingerprint density at radius 1 is 1.38 bits per heavy atom. The highest BCUT2D eigenvalue weighted by molar-refractivity contribution is 4.94. The van der Waals surface area contributed by atoms with Gasteiger partial charge in [0.1, 0.15) is 12.4 Å². The third-order valence-corrected chi connectivity index (χ3v) is 5.08. The molecule has 5 nitrogen and oxygen atoms in total. The zero-order valence-corrected chi connectivity index (χ0v) is 13.4. The van der Waals surface area contributed by atoms with E-state index in [1.807, 2.05) is 11.6 Å². The highest BCUT2D eigenvalue weighted by Gasteiger charge is 2.26. The smallest absolute Gasteiger partial charge is 0.163 e. The van der Waals surface area contributed by atoms with Crippen LogP contribution >= 0.6 is 0 Å². The van der Waals surface area contributed by atoms with Gasteiger partial charge in [-0.3, -0.25) is 4.90 Å². The summed E-state index contributed by atoms with van der Waals surface area (Å²) in [5.74, 6) is 2.82. The van der Waals surface area contributed by atoms with Gasteiger partial charge in [-0.1, -0.05) is 26.2 Å². The fourth-order valence-electron chi connectivity index (χ4n) is 3.83. The fraction of sp³-hybridized carbons (Fsp3) is 0.875. The van der Waals surface area contributed by atoms with E-state index in [1.54, 1.807) is 6.33 Å². The molecule has 3 atom stereocenters. The van der Waals surface area contributed by atoms with Gasteiger partial charge in [-0.05, 0) is 31.2 Å². The summed E-state index contributed by atoms with van der Waals surface area (Å²) in [5.41, 5.74) is 0. The van der Waals surface area contributed by atoms with Gasteiger partial charge < -0.3 is 9.30 Å². The zero-order chi connectivity index (χ0) is 14.7. The number of ether oxygens (including phenoxy) is 1. The van der Waals surface area contributed by atoms with Crippen molar-refractivity contribution in [3.05, 3.63) is 12.2 Å². The molecule has 2 heterocycles. The van der Waals surface area contributed by atoms with Crippen LogP contribution in [0.1, 0.15) is 51.0 Å². The summed E-state index contributed by atoms with van der Waals surface area (Å²) < 4.78 is 7.85. The Morgan fingerprint density at radius 3 is 3.05 bits per heavy atom. The maximum atomic E-state index is 5.88. The van der Waals surface area contributed by atoms with Crippen molar-refractivity contribution >= 4 is 0 Å². The van der Waals surface area contributed by atoms with Crippen LogP contribution in [0.2, 0.25) is 0 Å². The standard InChI is InChI=1S/C16H28N4O/c1-13-4-3-5-14(10-13)6-7-20-8-9-21-15(11-20)16-18-17-12-19(16)2/h12-15H,3-11H2,1-2H3/t13-,14+,15+/m1/s1.